The molecule has 1 amide bonds. The molecule has 2 N–H and O–H groups in total. The molecule has 7 heteroatoms. The van der Waals surface area contributed by atoms with Gasteiger partial charge in [0.15, 0.2) is 0 Å². The van der Waals surface area contributed by atoms with Gasteiger partial charge in [-0.25, -0.2) is 0 Å². The van der Waals surface area contributed by atoms with E-state index in [2.05, 4.69) is 15.4 Å². The minimum atomic E-state index is -2.85. The van der Waals surface area contributed by atoms with Crippen LogP contribution < -0.4 is 20.3 Å². The fraction of sp³-hybridized carbons (Fsp3) is 0.588. The van der Waals surface area contributed by atoms with Crippen LogP contribution in [0.4, 0.5) is 14.5 Å². The molecule has 0 bridgehead atoms. The molecule has 0 radical (unpaired) electrons. The Kier molecular flexibility index (Phi) is 5.50. The fourth-order valence-electron chi connectivity index (χ4n) is 3.00. The van der Waals surface area contributed by atoms with E-state index in [1.807, 2.05) is 4.90 Å². The number of benzene rings is 1. The van der Waals surface area contributed by atoms with Gasteiger partial charge >= 0.3 is 6.61 Å². The highest BCUT2D eigenvalue weighted by Gasteiger charge is 2.26. The van der Waals surface area contributed by atoms with Gasteiger partial charge in [0.2, 0.25) is 5.91 Å². The van der Waals surface area contributed by atoms with Gasteiger partial charge in [-0.1, -0.05) is 12.1 Å². The van der Waals surface area contributed by atoms with Crippen LogP contribution in [0.25, 0.3) is 0 Å². The van der Waals surface area contributed by atoms with Gasteiger partial charge in [0.1, 0.15) is 5.75 Å². The Labute approximate surface area is 140 Å². The van der Waals surface area contributed by atoms with Gasteiger partial charge in [-0.15, -0.1) is 0 Å². The van der Waals surface area contributed by atoms with Crippen molar-refractivity contribution in [3.05, 3.63) is 24.3 Å². The molecule has 1 heterocycles. The van der Waals surface area contributed by atoms with E-state index in [1.54, 1.807) is 18.2 Å². The molecule has 1 aliphatic heterocycles. The number of hydrogen-bond donors (Lipinski definition) is 2. The maximum atomic E-state index is 12.5. The SMILES string of the molecule is O=C(CNCC1CC1)NC1CCN(c2ccccc2OC(F)F)C1. The molecule has 3 rings (SSSR count). The second-order valence-electron chi connectivity index (χ2n) is 6.42. The third-order valence-corrected chi connectivity index (χ3v) is 4.39. The standard InChI is InChI=1S/C17H23F2N3O2/c18-17(19)24-15-4-2-1-3-14(15)22-8-7-13(11-22)21-16(23)10-20-9-12-5-6-12/h1-4,12-13,17,20H,5-11H2,(H,21,23). The first-order valence-corrected chi connectivity index (χ1v) is 8.40. The molecule has 1 saturated carbocycles. The number of hydrogen-bond acceptors (Lipinski definition) is 4. The van der Waals surface area contributed by atoms with Crippen molar-refractivity contribution < 1.29 is 18.3 Å². The van der Waals surface area contributed by atoms with Crippen LogP contribution in [0.15, 0.2) is 24.3 Å². The van der Waals surface area contributed by atoms with Gasteiger partial charge in [-0.05, 0) is 43.9 Å². The first kappa shape index (κ1) is 17.0. The van der Waals surface area contributed by atoms with E-state index in [9.17, 15) is 13.6 Å². The van der Waals surface area contributed by atoms with Crippen molar-refractivity contribution in [3.8, 4) is 5.75 Å². The second-order valence-corrected chi connectivity index (χ2v) is 6.42. The summed E-state index contributed by atoms with van der Waals surface area (Å²) in [6.07, 6.45) is 3.30. The van der Waals surface area contributed by atoms with Crippen LogP contribution in [0.2, 0.25) is 0 Å². The van der Waals surface area contributed by atoms with Gasteiger partial charge < -0.3 is 20.3 Å². The molecule has 1 aromatic carbocycles. The van der Waals surface area contributed by atoms with E-state index in [0.717, 1.165) is 18.9 Å². The minimum absolute atomic E-state index is 0.0142. The number of carbonyl (C=O) groups is 1. The molecule has 2 fully saturated rings. The Hall–Kier alpha value is -1.89. The summed E-state index contributed by atoms with van der Waals surface area (Å²) < 4.78 is 29.6. The number of rotatable bonds is 8. The van der Waals surface area contributed by atoms with E-state index in [-0.39, 0.29) is 17.7 Å². The number of carbonyl (C=O) groups excluding carboxylic acids is 1. The van der Waals surface area contributed by atoms with Crippen molar-refractivity contribution in [1.29, 1.82) is 0 Å². The molecule has 1 unspecified atom stereocenters. The monoisotopic (exact) mass is 339 g/mol. The molecule has 0 spiro atoms. The predicted molar refractivity (Wildman–Crippen MR) is 87.4 cm³/mol. The lowest BCUT2D eigenvalue weighted by atomic mass is 10.2. The van der Waals surface area contributed by atoms with Crippen LogP contribution in [0.5, 0.6) is 5.75 Å². The first-order valence-electron chi connectivity index (χ1n) is 8.40. The molecule has 1 saturated heterocycles. The van der Waals surface area contributed by atoms with E-state index < -0.39 is 6.61 Å². The van der Waals surface area contributed by atoms with Crippen molar-refractivity contribution in [3.63, 3.8) is 0 Å². The second kappa shape index (κ2) is 7.79. The normalized spacial score (nSPS) is 20.5. The Morgan fingerprint density at radius 1 is 1.29 bits per heavy atom. The van der Waals surface area contributed by atoms with Gasteiger partial charge in [0.25, 0.3) is 0 Å². The van der Waals surface area contributed by atoms with Crippen LogP contribution in [0.1, 0.15) is 19.3 Å². The highest BCUT2D eigenvalue weighted by molar-refractivity contribution is 5.78. The number of anilines is 1. The zero-order chi connectivity index (χ0) is 16.9. The van der Waals surface area contributed by atoms with Crippen LogP contribution in [-0.2, 0) is 4.79 Å². The smallest absolute Gasteiger partial charge is 0.387 e. The van der Waals surface area contributed by atoms with Crippen molar-refractivity contribution >= 4 is 11.6 Å². The molecule has 24 heavy (non-hydrogen) atoms. The third-order valence-electron chi connectivity index (χ3n) is 4.39. The third kappa shape index (κ3) is 4.80. The summed E-state index contributed by atoms with van der Waals surface area (Å²) in [4.78, 5) is 13.9. The van der Waals surface area contributed by atoms with Crippen LogP contribution in [0, 0.1) is 5.92 Å². The molecular weight excluding hydrogens is 316 g/mol. The number of nitrogens with one attached hydrogen (secondary N) is 2. The van der Waals surface area contributed by atoms with E-state index >= 15 is 0 Å². The number of halogens is 2. The summed E-state index contributed by atoms with van der Waals surface area (Å²) >= 11 is 0. The van der Waals surface area contributed by atoms with Crippen molar-refractivity contribution in [1.82, 2.24) is 10.6 Å². The number of ether oxygens (including phenoxy) is 1. The fourth-order valence-corrected chi connectivity index (χ4v) is 3.00. The minimum Gasteiger partial charge on any atom is -0.433 e. The maximum Gasteiger partial charge on any atom is 0.387 e. The summed E-state index contributed by atoms with van der Waals surface area (Å²) in [6.45, 7) is -0.315. The highest BCUT2D eigenvalue weighted by Crippen LogP contribution is 2.31. The molecule has 1 atom stereocenters. The van der Waals surface area contributed by atoms with Gasteiger partial charge in [-0.3, -0.25) is 4.79 Å². The molecule has 1 aromatic rings. The Morgan fingerprint density at radius 3 is 2.83 bits per heavy atom. The van der Waals surface area contributed by atoms with Crippen molar-refractivity contribution in [2.75, 3.05) is 31.1 Å². The number of alkyl halides is 2. The zero-order valence-corrected chi connectivity index (χ0v) is 13.5. The first-order chi connectivity index (χ1) is 11.6. The average Bonchev–Trinajstić information content (AvgIpc) is 3.25. The Morgan fingerprint density at radius 2 is 2.08 bits per heavy atom. The summed E-state index contributed by atoms with van der Waals surface area (Å²) in [5.74, 6) is 0.899. The average molecular weight is 339 g/mol. The van der Waals surface area contributed by atoms with E-state index in [1.165, 1.54) is 18.9 Å². The lowest BCUT2D eigenvalue weighted by Crippen LogP contribution is -2.42. The van der Waals surface area contributed by atoms with Crippen LogP contribution >= 0.6 is 0 Å². The predicted octanol–water partition coefficient (Wildman–Crippen LogP) is 1.98. The molecule has 2 aliphatic rings. The topological polar surface area (TPSA) is 53.6 Å². The van der Waals surface area contributed by atoms with Crippen LogP contribution in [-0.4, -0.2) is 44.7 Å². The van der Waals surface area contributed by atoms with Gasteiger partial charge in [0.05, 0.1) is 12.2 Å². The number of para-hydroxylation sites is 2. The summed E-state index contributed by atoms with van der Waals surface area (Å²) in [5.41, 5.74) is 0.640. The maximum absolute atomic E-state index is 12.5. The zero-order valence-electron chi connectivity index (χ0n) is 13.5. The van der Waals surface area contributed by atoms with Crippen molar-refractivity contribution in [2.24, 2.45) is 5.92 Å². The Bertz CT molecular complexity index is 567. The summed E-state index contributed by atoms with van der Waals surface area (Å²) in [7, 11) is 0. The quantitative estimate of drug-likeness (QED) is 0.760. The lowest BCUT2D eigenvalue weighted by Gasteiger charge is -2.22. The summed E-state index contributed by atoms with van der Waals surface area (Å²) in [6, 6.07) is 6.79. The molecule has 1 aliphatic carbocycles. The molecule has 0 aromatic heterocycles. The summed E-state index contributed by atoms with van der Waals surface area (Å²) in [5, 5.41) is 6.17. The number of amides is 1. The van der Waals surface area contributed by atoms with Crippen LogP contribution in [0.3, 0.4) is 0 Å². The molecule has 132 valence electrons. The van der Waals surface area contributed by atoms with Gasteiger partial charge in [0, 0.05) is 19.1 Å². The lowest BCUT2D eigenvalue weighted by molar-refractivity contribution is -0.120. The number of nitrogens with zero attached hydrogens (tertiary/aromatic N) is 1. The largest absolute Gasteiger partial charge is 0.433 e. The van der Waals surface area contributed by atoms with E-state index in [0.29, 0.717) is 25.3 Å². The molecular formula is C17H23F2N3O2. The van der Waals surface area contributed by atoms with E-state index in [4.69, 9.17) is 0 Å². The molecule has 5 nitrogen and oxygen atoms in total. The highest BCUT2D eigenvalue weighted by atomic mass is 19.3. The van der Waals surface area contributed by atoms with Gasteiger partial charge in [-0.2, -0.15) is 8.78 Å². The van der Waals surface area contributed by atoms with Crippen molar-refractivity contribution in [2.45, 2.75) is 31.9 Å². The Balaban J connectivity index is 1.48.